The highest BCUT2D eigenvalue weighted by atomic mass is 16.5. The normalized spacial score (nSPS) is 9.80. The van der Waals surface area contributed by atoms with E-state index in [1.807, 2.05) is 0 Å². The highest BCUT2D eigenvalue weighted by Crippen LogP contribution is 2.06. The first-order valence-corrected chi connectivity index (χ1v) is 4.41. The number of esters is 1. The van der Waals surface area contributed by atoms with Gasteiger partial charge in [-0.05, 0) is 0 Å². The molecule has 0 spiro atoms. The Hall–Kier alpha value is -1.69. The SMILES string of the molecule is COC(=O)c1cnc(N(C)CCO)cn1. The monoisotopic (exact) mass is 211 g/mol. The van der Waals surface area contributed by atoms with E-state index in [-0.39, 0.29) is 12.3 Å². The van der Waals surface area contributed by atoms with Gasteiger partial charge in [0.15, 0.2) is 5.69 Å². The number of aliphatic hydroxyl groups is 1. The van der Waals surface area contributed by atoms with Crippen LogP contribution in [0.5, 0.6) is 0 Å². The molecule has 1 N–H and O–H groups in total. The van der Waals surface area contributed by atoms with Gasteiger partial charge in [-0.1, -0.05) is 0 Å². The van der Waals surface area contributed by atoms with Crippen LogP contribution < -0.4 is 4.90 Å². The zero-order chi connectivity index (χ0) is 11.3. The number of aliphatic hydroxyl groups excluding tert-OH is 1. The third-order valence-electron chi connectivity index (χ3n) is 1.86. The van der Waals surface area contributed by atoms with E-state index in [0.29, 0.717) is 12.4 Å². The van der Waals surface area contributed by atoms with Crippen LogP contribution in [0.1, 0.15) is 10.5 Å². The number of rotatable bonds is 4. The predicted octanol–water partition coefficient (Wildman–Crippen LogP) is -0.308. The van der Waals surface area contributed by atoms with E-state index in [2.05, 4.69) is 14.7 Å². The minimum absolute atomic E-state index is 0.0386. The Morgan fingerprint density at radius 3 is 2.73 bits per heavy atom. The molecule has 0 unspecified atom stereocenters. The number of carbonyl (C=O) groups excluding carboxylic acids is 1. The molecule has 0 aliphatic rings. The molecular weight excluding hydrogens is 198 g/mol. The maximum Gasteiger partial charge on any atom is 0.358 e. The number of aromatic nitrogens is 2. The first-order chi connectivity index (χ1) is 7.19. The van der Waals surface area contributed by atoms with Crippen LogP contribution in [0.3, 0.4) is 0 Å². The molecule has 6 heteroatoms. The highest BCUT2D eigenvalue weighted by molar-refractivity contribution is 5.86. The summed E-state index contributed by atoms with van der Waals surface area (Å²) in [7, 11) is 3.06. The van der Waals surface area contributed by atoms with E-state index >= 15 is 0 Å². The average Bonchev–Trinajstić information content (AvgIpc) is 2.28. The van der Waals surface area contributed by atoms with Crippen molar-refractivity contribution in [2.45, 2.75) is 0 Å². The Balaban J connectivity index is 2.76. The van der Waals surface area contributed by atoms with Crippen molar-refractivity contribution in [3.63, 3.8) is 0 Å². The number of anilines is 1. The first-order valence-electron chi connectivity index (χ1n) is 4.41. The van der Waals surface area contributed by atoms with Gasteiger partial charge >= 0.3 is 5.97 Å². The number of ether oxygens (including phenoxy) is 1. The second kappa shape index (κ2) is 5.26. The molecule has 0 amide bonds. The maximum atomic E-state index is 11.0. The maximum absolute atomic E-state index is 11.0. The number of hydrogen-bond acceptors (Lipinski definition) is 6. The molecule has 0 saturated carbocycles. The fourth-order valence-corrected chi connectivity index (χ4v) is 0.993. The van der Waals surface area contributed by atoms with Gasteiger partial charge in [0.25, 0.3) is 0 Å². The number of hydrogen-bond donors (Lipinski definition) is 1. The van der Waals surface area contributed by atoms with Crippen LogP contribution in [0.15, 0.2) is 12.4 Å². The number of nitrogens with zero attached hydrogens (tertiary/aromatic N) is 3. The molecule has 0 radical (unpaired) electrons. The summed E-state index contributed by atoms with van der Waals surface area (Å²) in [5.74, 6) is 0.0792. The Bertz CT molecular complexity index is 326. The van der Waals surface area contributed by atoms with Gasteiger partial charge in [0.1, 0.15) is 5.82 Å². The van der Waals surface area contributed by atoms with Gasteiger partial charge in [0.2, 0.25) is 0 Å². The average molecular weight is 211 g/mol. The fraction of sp³-hybridized carbons (Fsp3) is 0.444. The summed E-state index contributed by atoms with van der Waals surface area (Å²) in [4.78, 5) is 20.7. The molecule has 82 valence electrons. The van der Waals surface area contributed by atoms with Crippen molar-refractivity contribution in [3.05, 3.63) is 18.1 Å². The lowest BCUT2D eigenvalue weighted by atomic mass is 10.4. The highest BCUT2D eigenvalue weighted by Gasteiger charge is 2.08. The summed E-state index contributed by atoms with van der Waals surface area (Å²) in [6.45, 7) is 0.503. The number of likely N-dealkylation sites (N-methyl/N-ethyl adjacent to an activating group) is 1. The van der Waals surface area contributed by atoms with Crippen molar-refractivity contribution < 1.29 is 14.6 Å². The van der Waals surface area contributed by atoms with Gasteiger partial charge in [0, 0.05) is 13.6 Å². The van der Waals surface area contributed by atoms with E-state index in [1.54, 1.807) is 11.9 Å². The minimum atomic E-state index is -0.515. The first kappa shape index (κ1) is 11.4. The molecule has 0 saturated heterocycles. The third-order valence-corrected chi connectivity index (χ3v) is 1.86. The summed E-state index contributed by atoms with van der Waals surface area (Å²) >= 11 is 0. The van der Waals surface area contributed by atoms with Gasteiger partial charge in [-0.15, -0.1) is 0 Å². The zero-order valence-electron chi connectivity index (χ0n) is 8.67. The van der Waals surface area contributed by atoms with Crippen LogP contribution in [-0.2, 0) is 4.74 Å². The standard InChI is InChI=1S/C9H13N3O3/c1-12(3-4-13)8-6-10-7(5-11-8)9(14)15-2/h5-6,13H,3-4H2,1-2H3. The predicted molar refractivity (Wildman–Crippen MR) is 53.7 cm³/mol. The van der Waals surface area contributed by atoms with Crippen molar-refractivity contribution in [2.75, 3.05) is 32.2 Å². The Labute approximate surface area is 87.5 Å². The molecule has 1 aromatic rings. The van der Waals surface area contributed by atoms with Gasteiger partial charge in [-0.3, -0.25) is 0 Å². The molecule has 1 aromatic heterocycles. The van der Waals surface area contributed by atoms with Crippen molar-refractivity contribution in [3.8, 4) is 0 Å². The summed E-state index contributed by atoms with van der Waals surface area (Å²) in [5.41, 5.74) is 0.165. The van der Waals surface area contributed by atoms with Crippen molar-refractivity contribution >= 4 is 11.8 Å². The smallest absolute Gasteiger partial charge is 0.358 e. The van der Waals surface area contributed by atoms with Crippen molar-refractivity contribution in [1.29, 1.82) is 0 Å². The van der Waals surface area contributed by atoms with Gasteiger partial charge < -0.3 is 14.7 Å². The summed E-state index contributed by atoms with van der Waals surface area (Å²) in [6.07, 6.45) is 2.80. The van der Waals surface area contributed by atoms with Crippen LogP contribution in [-0.4, -0.2) is 48.4 Å². The van der Waals surface area contributed by atoms with Crippen LogP contribution in [0.2, 0.25) is 0 Å². The number of methoxy groups -OCH3 is 1. The molecule has 0 fully saturated rings. The quantitative estimate of drug-likeness (QED) is 0.689. The van der Waals surface area contributed by atoms with Crippen LogP contribution in [0, 0.1) is 0 Å². The molecule has 1 rings (SSSR count). The van der Waals surface area contributed by atoms with Crippen LogP contribution >= 0.6 is 0 Å². The van der Waals surface area contributed by atoms with E-state index in [9.17, 15) is 4.79 Å². The van der Waals surface area contributed by atoms with Gasteiger partial charge in [-0.2, -0.15) is 0 Å². The molecule has 6 nitrogen and oxygen atoms in total. The van der Waals surface area contributed by atoms with E-state index in [4.69, 9.17) is 5.11 Å². The molecule has 1 heterocycles. The van der Waals surface area contributed by atoms with Gasteiger partial charge in [0.05, 0.1) is 26.1 Å². The van der Waals surface area contributed by atoms with E-state index in [0.717, 1.165) is 0 Å². The van der Waals surface area contributed by atoms with Gasteiger partial charge in [-0.25, -0.2) is 14.8 Å². The van der Waals surface area contributed by atoms with E-state index < -0.39 is 5.97 Å². The van der Waals surface area contributed by atoms with Crippen LogP contribution in [0.25, 0.3) is 0 Å². The van der Waals surface area contributed by atoms with E-state index in [1.165, 1.54) is 19.5 Å². The summed E-state index contributed by atoms with van der Waals surface area (Å²) in [5, 5.41) is 8.71. The third kappa shape index (κ3) is 2.88. The molecule has 15 heavy (non-hydrogen) atoms. The fourth-order valence-electron chi connectivity index (χ4n) is 0.993. The molecule has 0 atom stereocenters. The minimum Gasteiger partial charge on any atom is -0.464 e. The Morgan fingerprint density at radius 2 is 2.27 bits per heavy atom. The lowest BCUT2D eigenvalue weighted by Crippen LogP contribution is -2.22. The van der Waals surface area contributed by atoms with Crippen molar-refractivity contribution in [2.24, 2.45) is 0 Å². The zero-order valence-corrected chi connectivity index (χ0v) is 8.67. The lowest BCUT2D eigenvalue weighted by molar-refractivity contribution is 0.0593. The molecule has 0 bridgehead atoms. The largest absolute Gasteiger partial charge is 0.464 e. The molecule has 0 aliphatic carbocycles. The Morgan fingerprint density at radius 1 is 1.53 bits per heavy atom. The Kier molecular flexibility index (Phi) is 3.99. The second-order valence-corrected chi connectivity index (χ2v) is 2.90. The summed E-state index contributed by atoms with van der Waals surface area (Å²) in [6, 6.07) is 0. The molecule has 0 aliphatic heterocycles. The molecule has 0 aromatic carbocycles. The summed E-state index contributed by atoms with van der Waals surface area (Å²) < 4.78 is 4.49. The van der Waals surface area contributed by atoms with Crippen LogP contribution in [0.4, 0.5) is 5.82 Å². The topological polar surface area (TPSA) is 75.5 Å². The lowest BCUT2D eigenvalue weighted by Gasteiger charge is -2.15. The second-order valence-electron chi connectivity index (χ2n) is 2.90. The van der Waals surface area contributed by atoms with Crippen molar-refractivity contribution in [1.82, 2.24) is 9.97 Å². The molecular formula is C9H13N3O3. The number of carbonyl (C=O) groups is 1.